The van der Waals surface area contributed by atoms with Gasteiger partial charge in [-0.2, -0.15) is 0 Å². The van der Waals surface area contributed by atoms with E-state index >= 15 is 0 Å². The zero-order valence-corrected chi connectivity index (χ0v) is 10.5. The molecule has 1 aromatic rings. The van der Waals surface area contributed by atoms with Gasteiger partial charge < -0.3 is 15.8 Å². The number of benzene rings is 1. The minimum absolute atomic E-state index is 0. The Labute approximate surface area is 106 Å². The highest BCUT2D eigenvalue weighted by Gasteiger charge is 2.10. The second-order valence-corrected chi connectivity index (χ2v) is 3.33. The molecule has 5 nitrogen and oxygen atoms in total. The van der Waals surface area contributed by atoms with Crippen LogP contribution in [0.15, 0.2) is 18.2 Å². The molecule has 94 valence electrons. The van der Waals surface area contributed by atoms with Crippen molar-refractivity contribution in [2.24, 2.45) is 0 Å². The number of carbonyl (C=O) groups is 2. The van der Waals surface area contributed by atoms with Gasteiger partial charge in [0.1, 0.15) is 6.54 Å². The van der Waals surface area contributed by atoms with Crippen LogP contribution in [-0.4, -0.2) is 25.5 Å². The van der Waals surface area contributed by atoms with E-state index in [9.17, 15) is 9.59 Å². The predicted octanol–water partition coefficient (Wildman–Crippen LogP) is 0.902. The molecule has 1 rings (SSSR count). The molecule has 0 aliphatic rings. The van der Waals surface area contributed by atoms with Crippen LogP contribution in [0.25, 0.3) is 0 Å². The van der Waals surface area contributed by atoms with Crippen molar-refractivity contribution in [2.45, 2.75) is 6.92 Å². The van der Waals surface area contributed by atoms with Gasteiger partial charge in [-0.15, -0.1) is 12.4 Å². The Kier molecular flexibility index (Phi) is 6.06. The summed E-state index contributed by atoms with van der Waals surface area (Å²) in [5.41, 5.74) is 7.35. The molecule has 0 atom stereocenters. The number of hydrogen-bond acceptors (Lipinski definition) is 4. The molecule has 0 unspecified atom stereocenters. The van der Waals surface area contributed by atoms with E-state index in [-0.39, 0.29) is 24.9 Å². The fraction of sp³-hybridized carbons (Fsp3) is 0.273. The highest BCUT2D eigenvalue weighted by Crippen LogP contribution is 2.12. The van der Waals surface area contributed by atoms with Crippen molar-refractivity contribution >= 4 is 30.0 Å². The van der Waals surface area contributed by atoms with E-state index < -0.39 is 5.97 Å². The summed E-state index contributed by atoms with van der Waals surface area (Å²) in [6, 6.07) is 5.04. The number of aryl methyl sites for hydroxylation is 1. The SMILES string of the molecule is COC(=O)CNC(=O)c1cc(N)ccc1C.Cl. The Morgan fingerprint density at radius 3 is 2.65 bits per heavy atom. The van der Waals surface area contributed by atoms with Crippen LogP contribution in [0, 0.1) is 6.92 Å². The Balaban J connectivity index is 0.00000256. The molecule has 0 heterocycles. The normalized spacial score (nSPS) is 9.06. The number of halogens is 1. The van der Waals surface area contributed by atoms with E-state index in [1.165, 1.54) is 7.11 Å². The van der Waals surface area contributed by atoms with E-state index in [0.717, 1.165) is 5.56 Å². The minimum Gasteiger partial charge on any atom is -0.468 e. The van der Waals surface area contributed by atoms with Crippen molar-refractivity contribution in [1.29, 1.82) is 0 Å². The van der Waals surface area contributed by atoms with E-state index in [4.69, 9.17) is 5.73 Å². The highest BCUT2D eigenvalue weighted by molar-refractivity contribution is 5.97. The molecule has 6 heteroatoms. The van der Waals surface area contributed by atoms with Gasteiger partial charge in [0.15, 0.2) is 0 Å². The molecule has 0 radical (unpaired) electrons. The predicted molar refractivity (Wildman–Crippen MR) is 67.2 cm³/mol. The van der Waals surface area contributed by atoms with Crippen LogP contribution in [0.3, 0.4) is 0 Å². The summed E-state index contributed by atoms with van der Waals surface area (Å²) in [5, 5.41) is 2.45. The Morgan fingerprint density at radius 2 is 2.06 bits per heavy atom. The molecule has 0 saturated carbocycles. The average Bonchev–Trinajstić information content (AvgIpc) is 2.28. The first kappa shape index (κ1) is 15.2. The molecule has 0 spiro atoms. The molecule has 17 heavy (non-hydrogen) atoms. The van der Waals surface area contributed by atoms with Gasteiger partial charge >= 0.3 is 5.97 Å². The maximum absolute atomic E-state index is 11.7. The van der Waals surface area contributed by atoms with Crippen molar-refractivity contribution in [1.82, 2.24) is 5.32 Å². The summed E-state index contributed by atoms with van der Waals surface area (Å²) in [5.74, 6) is -0.829. The van der Waals surface area contributed by atoms with Gasteiger partial charge in [-0.25, -0.2) is 0 Å². The molecular weight excluding hydrogens is 244 g/mol. The lowest BCUT2D eigenvalue weighted by molar-refractivity contribution is -0.139. The van der Waals surface area contributed by atoms with Gasteiger partial charge in [0.2, 0.25) is 0 Å². The highest BCUT2D eigenvalue weighted by atomic mass is 35.5. The maximum Gasteiger partial charge on any atom is 0.325 e. The molecule has 0 aromatic heterocycles. The zero-order valence-electron chi connectivity index (χ0n) is 9.65. The Morgan fingerprint density at radius 1 is 1.41 bits per heavy atom. The van der Waals surface area contributed by atoms with Crippen molar-refractivity contribution < 1.29 is 14.3 Å². The third-order valence-electron chi connectivity index (χ3n) is 2.13. The Hall–Kier alpha value is -1.75. The number of amides is 1. The van der Waals surface area contributed by atoms with Gasteiger partial charge in [-0.05, 0) is 24.6 Å². The summed E-state index contributed by atoms with van der Waals surface area (Å²) in [6.07, 6.45) is 0. The molecule has 0 fully saturated rings. The third kappa shape index (κ3) is 4.32. The van der Waals surface area contributed by atoms with E-state index in [0.29, 0.717) is 11.3 Å². The number of rotatable bonds is 3. The second kappa shape index (κ2) is 6.75. The first-order chi connectivity index (χ1) is 7.54. The van der Waals surface area contributed by atoms with Crippen LogP contribution in [0.5, 0.6) is 0 Å². The first-order valence-corrected chi connectivity index (χ1v) is 4.75. The maximum atomic E-state index is 11.7. The number of esters is 1. The molecule has 3 N–H and O–H groups in total. The van der Waals surface area contributed by atoms with Gasteiger partial charge in [0.25, 0.3) is 5.91 Å². The summed E-state index contributed by atoms with van der Waals surface area (Å²) < 4.78 is 4.41. The third-order valence-corrected chi connectivity index (χ3v) is 2.13. The van der Waals surface area contributed by atoms with Crippen LogP contribution in [0.4, 0.5) is 5.69 Å². The van der Waals surface area contributed by atoms with Crippen LogP contribution < -0.4 is 11.1 Å². The number of nitrogens with one attached hydrogen (secondary N) is 1. The van der Waals surface area contributed by atoms with E-state index in [2.05, 4.69) is 10.1 Å². The fourth-order valence-corrected chi connectivity index (χ4v) is 1.20. The topological polar surface area (TPSA) is 81.4 Å². The lowest BCUT2D eigenvalue weighted by atomic mass is 10.1. The summed E-state index contributed by atoms with van der Waals surface area (Å²) in [7, 11) is 1.26. The first-order valence-electron chi connectivity index (χ1n) is 4.75. The van der Waals surface area contributed by atoms with Crippen molar-refractivity contribution in [3.05, 3.63) is 29.3 Å². The van der Waals surface area contributed by atoms with Gasteiger partial charge in [-0.3, -0.25) is 9.59 Å². The molecular formula is C11H15ClN2O3. The lowest BCUT2D eigenvalue weighted by Gasteiger charge is -2.07. The quantitative estimate of drug-likeness (QED) is 0.624. The number of nitrogen functional groups attached to an aromatic ring is 1. The van der Waals surface area contributed by atoms with Gasteiger partial charge in [0, 0.05) is 11.3 Å². The molecule has 0 saturated heterocycles. The minimum atomic E-state index is -0.491. The van der Waals surface area contributed by atoms with Crippen molar-refractivity contribution in [3.8, 4) is 0 Å². The van der Waals surface area contributed by atoms with Crippen LogP contribution >= 0.6 is 12.4 Å². The number of nitrogens with two attached hydrogens (primary N) is 1. The van der Waals surface area contributed by atoms with Crippen LogP contribution in [-0.2, 0) is 9.53 Å². The number of methoxy groups -OCH3 is 1. The summed E-state index contributed by atoms with van der Waals surface area (Å²) in [4.78, 5) is 22.5. The van der Waals surface area contributed by atoms with Crippen molar-refractivity contribution in [2.75, 3.05) is 19.4 Å². The van der Waals surface area contributed by atoms with E-state index in [1.807, 2.05) is 0 Å². The van der Waals surface area contributed by atoms with Gasteiger partial charge in [-0.1, -0.05) is 6.07 Å². The largest absolute Gasteiger partial charge is 0.468 e. The number of carbonyl (C=O) groups excluding carboxylic acids is 2. The summed E-state index contributed by atoms with van der Waals surface area (Å²) in [6.45, 7) is 1.65. The number of anilines is 1. The standard InChI is InChI=1S/C11H14N2O3.ClH/c1-7-3-4-8(12)5-9(7)11(15)13-6-10(14)16-2;/h3-5H,6,12H2,1-2H3,(H,13,15);1H. The fourth-order valence-electron chi connectivity index (χ4n) is 1.20. The molecule has 0 aliphatic carbocycles. The average molecular weight is 259 g/mol. The van der Waals surface area contributed by atoms with Crippen LogP contribution in [0.2, 0.25) is 0 Å². The number of hydrogen-bond donors (Lipinski definition) is 2. The zero-order chi connectivity index (χ0) is 12.1. The van der Waals surface area contributed by atoms with E-state index in [1.54, 1.807) is 25.1 Å². The molecule has 0 bridgehead atoms. The monoisotopic (exact) mass is 258 g/mol. The van der Waals surface area contributed by atoms with Gasteiger partial charge in [0.05, 0.1) is 7.11 Å². The second-order valence-electron chi connectivity index (χ2n) is 3.33. The molecule has 1 aromatic carbocycles. The number of ether oxygens (including phenoxy) is 1. The Bertz CT molecular complexity index is 421. The van der Waals surface area contributed by atoms with Crippen molar-refractivity contribution in [3.63, 3.8) is 0 Å². The molecule has 1 amide bonds. The lowest BCUT2D eigenvalue weighted by Crippen LogP contribution is -2.30. The smallest absolute Gasteiger partial charge is 0.325 e. The molecule has 0 aliphatic heterocycles. The van der Waals surface area contributed by atoms with Crippen LogP contribution in [0.1, 0.15) is 15.9 Å². The summed E-state index contributed by atoms with van der Waals surface area (Å²) >= 11 is 0.